The van der Waals surface area contributed by atoms with Gasteiger partial charge in [-0.15, -0.1) is 11.3 Å². The van der Waals surface area contributed by atoms with Crippen molar-refractivity contribution in [3.8, 4) is 0 Å². The zero-order valence-corrected chi connectivity index (χ0v) is 19.2. The zero-order chi connectivity index (χ0) is 20.8. The standard InChI is InChI=1S/C19H20ClN3O3S3/c1-3-22-13-7-6-12(2)11-15(13)27-19(22)21-18(24)14-5-4-10-23(14)29(25,26)17-9-8-16(20)28-17/h6-9,11,14H,3-5,10H2,1-2H3. The van der Waals surface area contributed by atoms with Gasteiger partial charge in [0.15, 0.2) is 4.80 Å². The molecule has 0 N–H and O–H groups in total. The summed E-state index contributed by atoms with van der Waals surface area (Å²) in [4.78, 5) is 18.0. The van der Waals surface area contributed by atoms with Crippen molar-refractivity contribution in [1.29, 1.82) is 0 Å². The van der Waals surface area contributed by atoms with Gasteiger partial charge in [-0.1, -0.05) is 29.0 Å². The molecule has 29 heavy (non-hydrogen) atoms. The molecule has 1 aliphatic rings. The monoisotopic (exact) mass is 469 g/mol. The largest absolute Gasteiger partial charge is 0.317 e. The van der Waals surface area contributed by atoms with E-state index in [2.05, 4.69) is 11.1 Å². The molecule has 0 bridgehead atoms. The van der Waals surface area contributed by atoms with Crippen molar-refractivity contribution in [3.05, 3.63) is 45.0 Å². The summed E-state index contributed by atoms with van der Waals surface area (Å²) in [6.45, 7) is 5.01. The van der Waals surface area contributed by atoms with Crippen LogP contribution in [0.25, 0.3) is 10.2 Å². The van der Waals surface area contributed by atoms with Gasteiger partial charge < -0.3 is 4.57 Å². The second-order valence-corrected chi connectivity index (χ2v) is 11.7. The van der Waals surface area contributed by atoms with E-state index in [0.29, 0.717) is 35.1 Å². The summed E-state index contributed by atoms with van der Waals surface area (Å²) in [5.41, 5.74) is 2.17. The van der Waals surface area contributed by atoms with E-state index in [1.54, 1.807) is 6.07 Å². The number of thiophene rings is 1. The molecule has 2 aromatic heterocycles. The molecule has 4 rings (SSSR count). The number of carbonyl (C=O) groups excluding carboxylic acids is 1. The highest BCUT2D eigenvalue weighted by Crippen LogP contribution is 2.32. The summed E-state index contributed by atoms with van der Waals surface area (Å²) in [5, 5.41) is 0. The van der Waals surface area contributed by atoms with Gasteiger partial charge in [-0.3, -0.25) is 4.79 Å². The lowest BCUT2D eigenvalue weighted by Gasteiger charge is -2.20. The van der Waals surface area contributed by atoms with Gasteiger partial charge in [-0.05, 0) is 56.5 Å². The maximum Gasteiger partial charge on any atom is 0.266 e. The van der Waals surface area contributed by atoms with Gasteiger partial charge in [0, 0.05) is 13.1 Å². The second-order valence-electron chi connectivity index (χ2n) is 6.88. The zero-order valence-electron chi connectivity index (χ0n) is 16.0. The molecule has 1 fully saturated rings. The molecule has 1 unspecified atom stereocenters. The molecule has 1 atom stereocenters. The molecule has 0 aliphatic carbocycles. The third kappa shape index (κ3) is 3.82. The Bertz CT molecular complexity index is 1260. The van der Waals surface area contributed by atoms with Crippen molar-refractivity contribution in [2.75, 3.05) is 6.54 Å². The summed E-state index contributed by atoms with van der Waals surface area (Å²) in [6, 6.07) is 8.39. The number of carbonyl (C=O) groups is 1. The number of benzene rings is 1. The maximum atomic E-state index is 13.0. The van der Waals surface area contributed by atoms with Crippen LogP contribution in [0.4, 0.5) is 0 Å². The Balaban J connectivity index is 1.72. The van der Waals surface area contributed by atoms with Crippen LogP contribution in [0.3, 0.4) is 0 Å². The summed E-state index contributed by atoms with van der Waals surface area (Å²) in [6.07, 6.45) is 1.10. The summed E-state index contributed by atoms with van der Waals surface area (Å²) >= 11 is 8.36. The lowest BCUT2D eigenvalue weighted by molar-refractivity contribution is -0.121. The van der Waals surface area contributed by atoms with E-state index in [-0.39, 0.29) is 4.21 Å². The first-order valence-electron chi connectivity index (χ1n) is 9.27. The van der Waals surface area contributed by atoms with E-state index >= 15 is 0 Å². The Labute approximate surface area is 182 Å². The Morgan fingerprint density at radius 3 is 2.76 bits per heavy atom. The molecule has 0 radical (unpaired) electrons. The van der Waals surface area contributed by atoms with E-state index in [4.69, 9.17) is 11.6 Å². The van der Waals surface area contributed by atoms with Gasteiger partial charge in [0.1, 0.15) is 10.3 Å². The molecule has 0 saturated carbocycles. The number of nitrogens with zero attached hydrogens (tertiary/aromatic N) is 3. The third-order valence-corrected chi connectivity index (χ3v) is 9.61. The molecule has 3 aromatic rings. The van der Waals surface area contributed by atoms with E-state index in [1.165, 1.54) is 21.7 Å². The number of sulfonamides is 1. The van der Waals surface area contributed by atoms with Crippen LogP contribution in [-0.2, 0) is 21.4 Å². The number of hydrogen-bond donors (Lipinski definition) is 0. The van der Waals surface area contributed by atoms with Crippen molar-refractivity contribution >= 4 is 60.4 Å². The highest BCUT2D eigenvalue weighted by Gasteiger charge is 2.40. The first-order chi connectivity index (χ1) is 13.8. The third-order valence-electron chi connectivity index (χ3n) is 4.96. The number of amides is 1. The van der Waals surface area contributed by atoms with Crippen molar-refractivity contribution < 1.29 is 13.2 Å². The first-order valence-corrected chi connectivity index (χ1v) is 12.7. The minimum absolute atomic E-state index is 0.156. The van der Waals surface area contributed by atoms with Gasteiger partial charge in [-0.25, -0.2) is 8.42 Å². The lowest BCUT2D eigenvalue weighted by Crippen LogP contribution is -2.40. The fourth-order valence-corrected chi connectivity index (χ4v) is 8.03. The normalized spacial score (nSPS) is 18.7. The van der Waals surface area contributed by atoms with E-state index in [1.807, 2.05) is 30.5 Å². The number of rotatable bonds is 4. The summed E-state index contributed by atoms with van der Waals surface area (Å²) in [5.74, 6) is -0.417. The molecular weight excluding hydrogens is 450 g/mol. The molecule has 3 heterocycles. The van der Waals surface area contributed by atoms with Crippen LogP contribution >= 0.6 is 34.3 Å². The molecule has 1 amide bonds. The molecule has 1 saturated heterocycles. The number of fused-ring (bicyclic) bond motifs is 1. The number of thiazole rings is 1. The quantitative estimate of drug-likeness (QED) is 0.579. The predicted molar refractivity (Wildman–Crippen MR) is 117 cm³/mol. The topological polar surface area (TPSA) is 71.7 Å². The minimum atomic E-state index is -3.77. The Morgan fingerprint density at radius 2 is 2.07 bits per heavy atom. The average molecular weight is 470 g/mol. The van der Waals surface area contributed by atoms with Crippen molar-refractivity contribution in [1.82, 2.24) is 8.87 Å². The van der Waals surface area contributed by atoms with Crippen molar-refractivity contribution in [2.45, 2.75) is 43.5 Å². The molecule has 1 aromatic carbocycles. The van der Waals surface area contributed by atoms with Crippen LogP contribution < -0.4 is 4.80 Å². The average Bonchev–Trinajstić information content (AvgIpc) is 3.39. The SMILES string of the molecule is CCn1c(=NC(=O)C2CCCN2S(=O)(=O)c2ccc(Cl)s2)sc2cc(C)ccc21. The number of aryl methyl sites for hydroxylation is 2. The molecule has 0 spiro atoms. The Morgan fingerprint density at radius 1 is 1.28 bits per heavy atom. The fraction of sp³-hybridized carbons (Fsp3) is 0.368. The van der Waals surface area contributed by atoms with Crippen LogP contribution in [0.2, 0.25) is 4.34 Å². The van der Waals surface area contributed by atoms with Crippen LogP contribution in [0.1, 0.15) is 25.3 Å². The smallest absolute Gasteiger partial charge is 0.266 e. The van der Waals surface area contributed by atoms with Gasteiger partial charge in [0.2, 0.25) is 0 Å². The summed E-state index contributed by atoms with van der Waals surface area (Å²) in [7, 11) is -3.77. The van der Waals surface area contributed by atoms with Crippen molar-refractivity contribution in [3.63, 3.8) is 0 Å². The number of halogens is 1. The van der Waals surface area contributed by atoms with Gasteiger partial charge >= 0.3 is 0 Å². The predicted octanol–water partition coefficient (Wildman–Crippen LogP) is 4.03. The molecule has 154 valence electrons. The first kappa shape index (κ1) is 20.7. The highest BCUT2D eigenvalue weighted by atomic mass is 35.5. The fourth-order valence-electron chi connectivity index (χ4n) is 3.57. The van der Waals surface area contributed by atoms with Crippen molar-refractivity contribution in [2.24, 2.45) is 4.99 Å². The van der Waals surface area contributed by atoms with Gasteiger partial charge in [0.25, 0.3) is 15.9 Å². The second kappa shape index (κ2) is 7.96. The van der Waals surface area contributed by atoms with Gasteiger partial charge in [0.05, 0.1) is 14.6 Å². The molecule has 1 aliphatic heterocycles. The lowest BCUT2D eigenvalue weighted by atomic mass is 10.2. The Kier molecular flexibility index (Phi) is 5.69. The van der Waals surface area contributed by atoms with Crippen LogP contribution in [0.15, 0.2) is 39.5 Å². The van der Waals surface area contributed by atoms with E-state index < -0.39 is 22.0 Å². The van der Waals surface area contributed by atoms with Gasteiger partial charge in [-0.2, -0.15) is 9.30 Å². The van der Waals surface area contributed by atoms with E-state index in [0.717, 1.165) is 27.1 Å². The van der Waals surface area contributed by atoms with Crippen LogP contribution in [0.5, 0.6) is 0 Å². The maximum absolute atomic E-state index is 13.0. The number of hydrogen-bond acceptors (Lipinski definition) is 5. The molecule has 6 nitrogen and oxygen atoms in total. The Hall–Kier alpha value is -1.52. The minimum Gasteiger partial charge on any atom is -0.317 e. The highest BCUT2D eigenvalue weighted by molar-refractivity contribution is 7.91. The van der Waals surface area contributed by atoms with E-state index in [9.17, 15) is 13.2 Å². The molecular formula is C19H20ClN3O3S3. The van der Waals surface area contributed by atoms with Crippen LogP contribution in [0, 0.1) is 6.92 Å². The summed E-state index contributed by atoms with van der Waals surface area (Å²) < 4.78 is 30.9. The van der Waals surface area contributed by atoms with Crippen LogP contribution in [-0.4, -0.2) is 35.8 Å². The number of aromatic nitrogens is 1. The molecule has 10 heteroatoms.